The minimum absolute atomic E-state index is 0.00379. The van der Waals surface area contributed by atoms with Crippen molar-refractivity contribution in [3.05, 3.63) is 51.1 Å². The van der Waals surface area contributed by atoms with E-state index in [1.807, 2.05) is 57.1 Å². The van der Waals surface area contributed by atoms with Gasteiger partial charge in [-0.05, 0) is 84.5 Å². The lowest BCUT2D eigenvalue weighted by Gasteiger charge is -2.14. The number of hydrogen-bond acceptors (Lipinski definition) is 5. The van der Waals surface area contributed by atoms with Gasteiger partial charge in [0, 0.05) is 25.5 Å². The number of nitrogens with one attached hydrogen (secondary N) is 1. The molecule has 0 radical (unpaired) electrons. The molecule has 0 bridgehead atoms. The summed E-state index contributed by atoms with van der Waals surface area (Å²) in [7, 11) is 3.89. The van der Waals surface area contributed by atoms with Crippen molar-refractivity contribution in [2.45, 2.75) is 13.8 Å². The quantitative estimate of drug-likeness (QED) is 0.320. The van der Waals surface area contributed by atoms with E-state index in [0.29, 0.717) is 36.0 Å². The highest BCUT2D eigenvalue weighted by Crippen LogP contribution is 2.35. The van der Waals surface area contributed by atoms with Crippen LogP contribution in [0, 0.1) is 14.9 Å². The maximum absolute atomic E-state index is 12.6. The summed E-state index contributed by atoms with van der Waals surface area (Å²) >= 11 is 2.16. The molecular formula is C22H24IN3O3. The third-order valence-electron chi connectivity index (χ3n) is 3.94. The molecule has 29 heavy (non-hydrogen) atoms. The molecule has 2 aromatic rings. The second kappa shape index (κ2) is 10.7. The van der Waals surface area contributed by atoms with Crippen molar-refractivity contribution in [3.63, 3.8) is 0 Å². The van der Waals surface area contributed by atoms with Crippen LogP contribution in [0.1, 0.15) is 19.4 Å². The second-order valence-corrected chi connectivity index (χ2v) is 7.42. The Balaban J connectivity index is 2.28. The van der Waals surface area contributed by atoms with Crippen molar-refractivity contribution < 1.29 is 14.3 Å². The zero-order chi connectivity index (χ0) is 21.4. The van der Waals surface area contributed by atoms with Crippen LogP contribution in [0.25, 0.3) is 6.08 Å². The van der Waals surface area contributed by atoms with E-state index >= 15 is 0 Å². The van der Waals surface area contributed by atoms with Crippen molar-refractivity contribution >= 4 is 45.9 Å². The third kappa shape index (κ3) is 6.12. The first-order valence-electron chi connectivity index (χ1n) is 9.19. The lowest BCUT2D eigenvalue weighted by molar-refractivity contribution is -0.112. The van der Waals surface area contributed by atoms with Gasteiger partial charge in [0.25, 0.3) is 5.91 Å². The van der Waals surface area contributed by atoms with Crippen molar-refractivity contribution in [1.29, 1.82) is 5.26 Å². The lowest BCUT2D eigenvalue weighted by Crippen LogP contribution is -2.14. The average molecular weight is 505 g/mol. The summed E-state index contributed by atoms with van der Waals surface area (Å²) in [4.78, 5) is 14.5. The van der Waals surface area contributed by atoms with Crippen LogP contribution in [0.4, 0.5) is 11.4 Å². The van der Waals surface area contributed by atoms with Crippen LogP contribution < -0.4 is 19.7 Å². The van der Waals surface area contributed by atoms with Crippen LogP contribution in [-0.4, -0.2) is 33.2 Å². The summed E-state index contributed by atoms with van der Waals surface area (Å²) < 4.78 is 12.2. The number of benzene rings is 2. The highest BCUT2D eigenvalue weighted by molar-refractivity contribution is 14.1. The monoisotopic (exact) mass is 505 g/mol. The second-order valence-electron chi connectivity index (χ2n) is 6.26. The van der Waals surface area contributed by atoms with Gasteiger partial charge >= 0.3 is 0 Å². The molecule has 0 aromatic heterocycles. The first-order valence-corrected chi connectivity index (χ1v) is 10.3. The predicted octanol–water partition coefficient (Wildman–Crippen LogP) is 4.70. The minimum atomic E-state index is -0.466. The molecule has 2 aromatic carbocycles. The summed E-state index contributed by atoms with van der Waals surface area (Å²) in [5, 5.41) is 12.2. The van der Waals surface area contributed by atoms with Crippen molar-refractivity contribution in [3.8, 4) is 17.6 Å². The zero-order valence-electron chi connectivity index (χ0n) is 17.0. The Morgan fingerprint density at radius 3 is 2.38 bits per heavy atom. The molecule has 0 aliphatic heterocycles. The number of halogens is 1. The summed E-state index contributed by atoms with van der Waals surface area (Å²) in [5.74, 6) is 0.785. The van der Waals surface area contributed by atoms with E-state index in [0.717, 1.165) is 9.26 Å². The van der Waals surface area contributed by atoms with Gasteiger partial charge in [-0.15, -0.1) is 0 Å². The average Bonchev–Trinajstić information content (AvgIpc) is 2.69. The Labute approximate surface area is 185 Å². The molecule has 0 spiro atoms. The van der Waals surface area contributed by atoms with Crippen LogP contribution in [0.5, 0.6) is 11.5 Å². The summed E-state index contributed by atoms with van der Waals surface area (Å²) in [6.07, 6.45) is 1.55. The fraction of sp³-hybridized carbons (Fsp3) is 0.273. The molecule has 1 amide bonds. The summed E-state index contributed by atoms with van der Waals surface area (Å²) in [5.41, 5.74) is 2.34. The van der Waals surface area contributed by atoms with Gasteiger partial charge in [0.15, 0.2) is 11.5 Å². The molecule has 0 aliphatic carbocycles. The smallest absolute Gasteiger partial charge is 0.266 e. The minimum Gasteiger partial charge on any atom is -0.490 e. The Bertz CT molecular complexity index is 932. The summed E-state index contributed by atoms with van der Waals surface area (Å²) in [6, 6.07) is 13.0. The molecule has 0 atom stereocenters. The number of nitrogens with zero attached hydrogens (tertiary/aromatic N) is 2. The first-order chi connectivity index (χ1) is 13.9. The number of nitriles is 1. The van der Waals surface area contributed by atoms with Crippen LogP contribution in [0.3, 0.4) is 0 Å². The number of amides is 1. The van der Waals surface area contributed by atoms with E-state index in [2.05, 4.69) is 27.9 Å². The number of rotatable bonds is 8. The highest BCUT2D eigenvalue weighted by atomic mass is 127. The fourth-order valence-corrected chi connectivity index (χ4v) is 3.36. The number of carbonyl (C=O) groups excluding carboxylic acids is 1. The van der Waals surface area contributed by atoms with Gasteiger partial charge in [-0.3, -0.25) is 4.79 Å². The van der Waals surface area contributed by atoms with Crippen molar-refractivity contribution in [2.24, 2.45) is 0 Å². The van der Waals surface area contributed by atoms with Gasteiger partial charge in [0.2, 0.25) is 0 Å². The number of hydrogen-bond donors (Lipinski definition) is 1. The maximum Gasteiger partial charge on any atom is 0.266 e. The van der Waals surface area contributed by atoms with Crippen LogP contribution in [0.2, 0.25) is 0 Å². The molecule has 0 saturated carbocycles. The Morgan fingerprint density at radius 2 is 1.83 bits per heavy atom. The standard InChI is InChI=1S/C22H24IN3O3/c1-5-28-20-13-15(12-19(23)21(20)29-6-2)11-16(14-24)22(27)25-17-7-9-18(10-8-17)26(3)4/h7-13H,5-6H2,1-4H3,(H,25,27)/b16-11-. The number of carbonyl (C=O) groups is 1. The Kier molecular flexibility index (Phi) is 8.34. The molecule has 0 unspecified atom stereocenters. The predicted molar refractivity (Wildman–Crippen MR) is 124 cm³/mol. The van der Waals surface area contributed by atoms with Crippen LogP contribution in [-0.2, 0) is 4.79 Å². The molecule has 152 valence electrons. The molecule has 0 aliphatic rings. The van der Waals surface area contributed by atoms with E-state index in [1.165, 1.54) is 0 Å². The highest BCUT2D eigenvalue weighted by Gasteiger charge is 2.14. The SMILES string of the molecule is CCOc1cc(/C=C(/C#N)C(=O)Nc2ccc(N(C)C)cc2)cc(I)c1OCC. The Morgan fingerprint density at radius 1 is 1.17 bits per heavy atom. The van der Waals surface area contributed by atoms with Gasteiger partial charge in [-0.2, -0.15) is 5.26 Å². The molecular weight excluding hydrogens is 481 g/mol. The lowest BCUT2D eigenvalue weighted by atomic mass is 10.1. The van der Waals surface area contributed by atoms with E-state index < -0.39 is 5.91 Å². The number of ether oxygens (including phenoxy) is 2. The normalized spacial score (nSPS) is 10.8. The molecule has 7 heteroatoms. The van der Waals surface area contributed by atoms with Crippen LogP contribution in [0.15, 0.2) is 42.0 Å². The molecule has 0 fully saturated rings. The largest absolute Gasteiger partial charge is 0.490 e. The van der Waals surface area contributed by atoms with Gasteiger partial charge in [0.05, 0.1) is 16.8 Å². The fourth-order valence-electron chi connectivity index (χ4n) is 2.58. The topological polar surface area (TPSA) is 74.6 Å². The number of anilines is 2. The van der Waals surface area contributed by atoms with E-state index in [1.54, 1.807) is 24.3 Å². The van der Waals surface area contributed by atoms with Crippen molar-refractivity contribution in [1.82, 2.24) is 0 Å². The molecule has 0 heterocycles. The molecule has 1 N–H and O–H groups in total. The Hall–Kier alpha value is -2.73. The van der Waals surface area contributed by atoms with E-state index in [9.17, 15) is 10.1 Å². The molecule has 2 rings (SSSR count). The van der Waals surface area contributed by atoms with Gasteiger partial charge in [-0.25, -0.2) is 0 Å². The molecule has 6 nitrogen and oxygen atoms in total. The third-order valence-corrected chi connectivity index (χ3v) is 4.74. The summed E-state index contributed by atoms with van der Waals surface area (Å²) in [6.45, 7) is 4.80. The molecule has 0 saturated heterocycles. The van der Waals surface area contributed by atoms with Gasteiger partial charge in [0.1, 0.15) is 11.6 Å². The van der Waals surface area contributed by atoms with Gasteiger partial charge in [-0.1, -0.05) is 0 Å². The first kappa shape index (κ1) is 22.6. The van der Waals surface area contributed by atoms with Crippen molar-refractivity contribution in [2.75, 3.05) is 37.5 Å². The zero-order valence-corrected chi connectivity index (χ0v) is 19.1. The van der Waals surface area contributed by atoms with Gasteiger partial charge < -0.3 is 19.7 Å². The van der Waals surface area contributed by atoms with E-state index in [4.69, 9.17) is 9.47 Å². The van der Waals surface area contributed by atoms with E-state index in [-0.39, 0.29) is 5.57 Å². The maximum atomic E-state index is 12.6. The van der Waals surface area contributed by atoms with Crippen LogP contribution >= 0.6 is 22.6 Å².